The van der Waals surface area contributed by atoms with Gasteiger partial charge >= 0.3 is 0 Å². The number of ether oxygens (including phenoxy) is 1. The molecule has 1 aliphatic heterocycles. The van der Waals surface area contributed by atoms with E-state index >= 15 is 0 Å². The second-order valence-electron chi connectivity index (χ2n) is 4.85. The Kier molecular flexibility index (Phi) is 2.70. The topological polar surface area (TPSA) is 66.9 Å². The van der Waals surface area contributed by atoms with E-state index < -0.39 is 0 Å². The lowest BCUT2D eigenvalue weighted by Gasteiger charge is -2.21. The van der Waals surface area contributed by atoms with Crippen LogP contribution in [0.15, 0.2) is 30.7 Å². The van der Waals surface area contributed by atoms with E-state index in [4.69, 9.17) is 4.74 Å². The highest BCUT2D eigenvalue weighted by atomic mass is 19.1. The van der Waals surface area contributed by atoms with E-state index in [1.54, 1.807) is 12.3 Å². The Morgan fingerprint density at radius 2 is 2.24 bits per heavy atom. The summed E-state index contributed by atoms with van der Waals surface area (Å²) in [4.78, 5) is 10.5. The molecule has 0 bridgehead atoms. The van der Waals surface area contributed by atoms with Crippen LogP contribution in [0.2, 0.25) is 0 Å². The number of rotatable bonds is 1. The molecule has 1 N–H and O–H groups in total. The third-order valence-electron chi connectivity index (χ3n) is 3.53. The number of H-pyrrole nitrogens is 1. The van der Waals surface area contributed by atoms with Crippen molar-refractivity contribution in [3.8, 4) is 5.75 Å². The molecule has 0 aliphatic carbocycles. The molecule has 6 nitrogen and oxygen atoms in total. The molecule has 106 valence electrons. The molecule has 3 heterocycles. The first kappa shape index (κ1) is 12.1. The van der Waals surface area contributed by atoms with Gasteiger partial charge in [-0.3, -0.25) is 5.10 Å². The van der Waals surface area contributed by atoms with Gasteiger partial charge in [0.25, 0.3) is 0 Å². The summed E-state index contributed by atoms with van der Waals surface area (Å²) in [5, 5.41) is 7.66. The van der Waals surface area contributed by atoms with Crippen molar-refractivity contribution in [1.29, 1.82) is 0 Å². The molecule has 0 fully saturated rings. The zero-order valence-electron chi connectivity index (χ0n) is 11.1. The molecule has 3 aromatic rings. The second kappa shape index (κ2) is 4.69. The number of benzene rings is 1. The lowest BCUT2D eigenvalue weighted by Crippen LogP contribution is -2.26. The van der Waals surface area contributed by atoms with Gasteiger partial charge < -0.3 is 9.64 Å². The Morgan fingerprint density at radius 1 is 1.29 bits per heavy atom. The van der Waals surface area contributed by atoms with Gasteiger partial charge in [-0.05, 0) is 18.2 Å². The Morgan fingerprint density at radius 3 is 3.19 bits per heavy atom. The van der Waals surface area contributed by atoms with Gasteiger partial charge in [0, 0.05) is 12.1 Å². The largest absolute Gasteiger partial charge is 0.491 e. The number of anilines is 1. The van der Waals surface area contributed by atoms with Crippen LogP contribution in [-0.2, 0) is 6.54 Å². The fourth-order valence-electron chi connectivity index (χ4n) is 2.55. The number of aromatic nitrogens is 4. The predicted octanol–water partition coefficient (Wildman–Crippen LogP) is 1.89. The molecule has 1 aliphatic rings. The minimum absolute atomic E-state index is 0.268. The quantitative estimate of drug-likeness (QED) is 0.739. The van der Waals surface area contributed by atoms with E-state index in [1.165, 1.54) is 18.5 Å². The zero-order chi connectivity index (χ0) is 14.2. The average Bonchev–Trinajstić information content (AvgIpc) is 2.87. The van der Waals surface area contributed by atoms with E-state index in [2.05, 4.69) is 20.2 Å². The van der Waals surface area contributed by atoms with Crippen LogP contribution >= 0.6 is 0 Å². The van der Waals surface area contributed by atoms with E-state index in [9.17, 15) is 4.39 Å². The summed E-state index contributed by atoms with van der Waals surface area (Å²) in [5.41, 5.74) is 1.49. The molecule has 0 atom stereocenters. The van der Waals surface area contributed by atoms with E-state index in [1.807, 2.05) is 4.90 Å². The maximum absolute atomic E-state index is 13.4. The third kappa shape index (κ3) is 2.06. The van der Waals surface area contributed by atoms with Gasteiger partial charge in [0.15, 0.2) is 5.65 Å². The van der Waals surface area contributed by atoms with Crippen LogP contribution in [0.3, 0.4) is 0 Å². The first-order valence-electron chi connectivity index (χ1n) is 6.61. The number of aromatic amines is 1. The molecule has 2 aromatic heterocycles. The SMILES string of the molecule is Fc1ccc2c(c1)CN(c1ncnc3[nH]ncc13)CCO2. The van der Waals surface area contributed by atoms with Crippen LogP contribution < -0.4 is 9.64 Å². The van der Waals surface area contributed by atoms with Gasteiger partial charge in [-0.25, -0.2) is 14.4 Å². The van der Waals surface area contributed by atoms with Crippen LogP contribution in [-0.4, -0.2) is 33.3 Å². The second-order valence-corrected chi connectivity index (χ2v) is 4.85. The van der Waals surface area contributed by atoms with Gasteiger partial charge in [-0.2, -0.15) is 5.10 Å². The molecule has 0 amide bonds. The maximum Gasteiger partial charge on any atom is 0.160 e. The first-order valence-corrected chi connectivity index (χ1v) is 6.61. The van der Waals surface area contributed by atoms with Crippen molar-refractivity contribution in [2.45, 2.75) is 6.54 Å². The van der Waals surface area contributed by atoms with Gasteiger partial charge in [-0.15, -0.1) is 0 Å². The van der Waals surface area contributed by atoms with Crippen molar-refractivity contribution in [3.05, 3.63) is 42.1 Å². The highest BCUT2D eigenvalue weighted by Gasteiger charge is 2.19. The van der Waals surface area contributed by atoms with Gasteiger partial charge in [0.1, 0.15) is 30.3 Å². The Hall–Kier alpha value is -2.70. The summed E-state index contributed by atoms with van der Waals surface area (Å²) in [6, 6.07) is 4.58. The monoisotopic (exact) mass is 285 g/mol. The van der Waals surface area contributed by atoms with Crippen LogP contribution in [0.5, 0.6) is 5.75 Å². The molecule has 0 saturated heterocycles. The number of fused-ring (bicyclic) bond motifs is 2. The summed E-state index contributed by atoms with van der Waals surface area (Å²) in [7, 11) is 0. The average molecular weight is 285 g/mol. The number of halogens is 1. The minimum atomic E-state index is -0.268. The van der Waals surface area contributed by atoms with Crippen molar-refractivity contribution < 1.29 is 9.13 Å². The molecular formula is C14H12FN5O. The van der Waals surface area contributed by atoms with Crippen LogP contribution in [0, 0.1) is 5.82 Å². The predicted molar refractivity (Wildman–Crippen MR) is 74.6 cm³/mol. The highest BCUT2D eigenvalue weighted by Crippen LogP contribution is 2.28. The van der Waals surface area contributed by atoms with E-state index in [-0.39, 0.29) is 5.82 Å². The third-order valence-corrected chi connectivity index (χ3v) is 3.53. The summed E-state index contributed by atoms with van der Waals surface area (Å²) in [6.45, 7) is 1.71. The normalized spacial score (nSPS) is 14.6. The smallest absolute Gasteiger partial charge is 0.160 e. The molecule has 7 heteroatoms. The van der Waals surface area contributed by atoms with Crippen molar-refractivity contribution >= 4 is 16.9 Å². The Bertz CT molecular complexity index is 803. The molecule has 0 spiro atoms. The van der Waals surface area contributed by atoms with Crippen molar-refractivity contribution in [2.24, 2.45) is 0 Å². The summed E-state index contributed by atoms with van der Waals surface area (Å²) in [6.07, 6.45) is 3.19. The lowest BCUT2D eigenvalue weighted by molar-refractivity contribution is 0.331. The Labute approximate surface area is 119 Å². The summed E-state index contributed by atoms with van der Waals surface area (Å²) in [5.74, 6) is 1.22. The fraction of sp³-hybridized carbons (Fsp3) is 0.214. The van der Waals surface area contributed by atoms with Gasteiger partial charge in [0.2, 0.25) is 0 Å². The van der Waals surface area contributed by atoms with Gasteiger partial charge in [-0.1, -0.05) is 0 Å². The molecule has 0 radical (unpaired) electrons. The molecule has 0 unspecified atom stereocenters. The molecule has 0 saturated carbocycles. The highest BCUT2D eigenvalue weighted by molar-refractivity contribution is 5.86. The molecule has 21 heavy (non-hydrogen) atoms. The van der Waals surface area contributed by atoms with Crippen molar-refractivity contribution in [3.63, 3.8) is 0 Å². The zero-order valence-corrected chi connectivity index (χ0v) is 11.1. The van der Waals surface area contributed by atoms with E-state index in [0.29, 0.717) is 25.3 Å². The van der Waals surface area contributed by atoms with Crippen LogP contribution in [0.1, 0.15) is 5.56 Å². The number of hydrogen-bond acceptors (Lipinski definition) is 5. The standard InChI is InChI=1S/C14H12FN5O/c15-10-1-2-12-9(5-10)7-20(3-4-21-12)14-11-6-18-19-13(11)16-8-17-14/h1-2,5-6,8H,3-4,7H2,(H,16,17,18,19). The maximum atomic E-state index is 13.4. The van der Waals surface area contributed by atoms with Crippen LogP contribution in [0.4, 0.5) is 10.2 Å². The first-order chi connectivity index (χ1) is 10.3. The van der Waals surface area contributed by atoms with Crippen molar-refractivity contribution in [2.75, 3.05) is 18.1 Å². The lowest BCUT2D eigenvalue weighted by atomic mass is 10.2. The summed E-state index contributed by atoms with van der Waals surface area (Å²) < 4.78 is 19.1. The molecular weight excluding hydrogens is 273 g/mol. The van der Waals surface area contributed by atoms with Crippen LogP contribution in [0.25, 0.3) is 11.0 Å². The van der Waals surface area contributed by atoms with Crippen molar-refractivity contribution in [1.82, 2.24) is 20.2 Å². The molecule has 1 aromatic carbocycles. The van der Waals surface area contributed by atoms with Gasteiger partial charge in [0.05, 0.1) is 18.1 Å². The van der Waals surface area contributed by atoms with E-state index in [0.717, 1.165) is 22.5 Å². The number of nitrogens with zero attached hydrogens (tertiary/aromatic N) is 4. The minimum Gasteiger partial charge on any atom is -0.491 e. The summed E-state index contributed by atoms with van der Waals surface area (Å²) >= 11 is 0. The Balaban J connectivity index is 1.77. The number of nitrogens with one attached hydrogen (secondary N) is 1. The molecule has 4 rings (SSSR count). The fourth-order valence-corrected chi connectivity index (χ4v) is 2.55. The number of hydrogen-bond donors (Lipinski definition) is 1.